The normalized spacial score (nSPS) is 21.9. The Morgan fingerprint density at radius 3 is 2.64 bits per heavy atom. The van der Waals surface area contributed by atoms with Crippen molar-refractivity contribution in [2.24, 2.45) is 0 Å². The number of hydrogen-bond donors (Lipinski definition) is 3. The van der Waals surface area contributed by atoms with Crippen LogP contribution in [-0.4, -0.2) is 40.3 Å². The first kappa shape index (κ1) is 16.2. The first-order chi connectivity index (χ1) is 10.5. The van der Waals surface area contributed by atoms with E-state index in [1.54, 1.807) is 14.0 Å². The summed E-state index contributed by atoms with van der Waals surface area (Å²) in [4.78, 5) is 19.1. The highest BCUT2D eigenvalue weighted by Gasteiger charge is 2.22. The molecule has 4 N–H and O–H groups in total. The van der Waals surface area contributed by atoms with Crippen LogP contribution in [0.25, 0.3) is 6.08 Å². The third-order valence-electron chi connectivity index (χ3n) is 3.89. The number of carbonyl (C=O) groups is 1. The van der Waals surface area contributed by atoms with Gasteiger partial charge >= 0.3 is 5.97 Å². The molecule has 1 aliphatic carbocycles. The molecular weight excluding hydrogens is 284 g/mol. The molecule has 0 amide bonds. The fraction of sp³-hybridized carbons (Fsp3) is 0.533. The molecule has 22 heavy (non-hydrogen) atoms. The lowest BCUT2D eigenvalue weighted by Crippen LogP contribution is -2.30. The fourth-order valence-electron chi connectivity index (χ4n) is 2.70. The van der Waals surface area contributed by atoms with Crippen molar-refractivity contribution in [3.63, 3.8) is 0 Å². The smallest absolute Gasteiger partial charge is 0.328 e. The molecule has 7 heteroatoms. The van der Waals surface area contributed by atoms with E-state index in [-0.39, 0.29) is 12.0 Å². The quantitative estimate of drug-likeness (QED) is 0.712. The molecule has 1 saturated carbocycles. The molecule has 0 aromatic carbocycles. The first-order valence-electron chi connectivity index (χ1n) is 7.34. The molecule has 1 fully saturated rings. The minimum atomic E-state index is -1.01. The Kier molecular flexibility index (Phi) is 5.32. The van der Waals surface area contributed by atoms with E-state index >= 15 is 0 Å². The molecule has 0 unspecified atom stereocenters. The molecule has 1 heterocycles. The highest BCUT2D eigenvalue weighted by atomic mass is 16.5. The SMILES string of the molecule is CO[C@H]1CC[C@H](Nc2nc(N)nc(C)c2C=CC(=O)O)CC1. The Morgan fingerprint density at radius 2 is 2.05 bits per heavy atom. The van der Waals surface area contributed by atoms with Gasteiger partial charge in [0.2, 0.25) is 5.95 Å². The van der Waals surface area contributed by atoms with Crippen molar-refractivity contribution in [2.45, 2.75) is 44.8 Å². The fourth-order valence-corrected chi connectivity index (χ4v) is 2.70. The zero-order chi connectivity index (χ0) is 16.1. The van der Waals surface area contributed by atoms with E-state index in [0.29, 0.717) is 23.2 Å². The van der Waals surface area contributed by atoms with Crippen molar-refractivity contribution in [1.82, 2.24) is 9.97 Å². The van der Waals surface area contributed by atoms with E-state index in [0.717, 1.165) is 31.8 Å². The van der Waals surface area contributed by atoms with Crippen molar-refractivity contribution in [2.75, 3.05) is 18.2 Å². The topological polar surface area (TPSA) is 110 Å². The summed E-state index contributed by atoms with van der Waals surface area (Å²) in [6, 6.07) is 0.275. The van der Waals surface area contributed by atoms with Crippen molar-refractivity contribution in [1.29, 1.82) is 0 Å². The van der Waals surface area contributed by atoms with Gasteiger partial charge in [-0.15, -0.1) is 0 Å². The van der Waals surface area contributed by atoms with Gasteiger partial charge in [-0.05, 0) is 38.7 Å². The van der Waals surface area contributed by atoms with Crippen molar-refractivity contribution in [3.8, 4) is 0 Å². The number of ether oxygens (including phenoxy) is 1. The molecule has 0 atom stereocenters. The lowest BCUT2D eigenvalue weighted by molar-refractivity contribution is -0.131. The van der Waals surface area contributed by atoms with E-state index in [2.05, 4.69) is 15.3 Å². The highest BCUT2D eigenvalue weighted by Crippen LogP contribution is 2.26. The number of aliphatic carboxylic acids is 1. The molecule has 0 bridgehead atoms. The van der Waals surface area contributed by atoms with Crippen LogP contribution in [-0.2, 0) is 9.53 Å². The van der Waals surface area contributed by atoms with E-state index in [9.17, 15) is 4.79 Å². The number of nitrogens with two attached hydrogens (primary N) is 1. The van der Waals surface area contributed by atoms with Gasteiger partial charge in [-0.3, -0.25) is 0 Å². The average Bonchev–Trinajstić information content (AvgIpc) is 2.46. The van der Waals surface area contributed by atoms with Crippen LogP contribution < -0.4 is 11.1 Å². The van der Waals surface area contributed by atoms with E-state index < -0.39 is 5.97 Å². The number of aryl methyl sites for hydroxylation is 1. The molecule has 0 aliphatic heterocycles. The van der Waals surface area contributed by atoms with Crippen LogP contribution in [0.5, 0.6) is 0 Å². The van der Waals surface area contributed by atoms with Gasteiger partial charge in [0.1, 0.15) is 5.82 Å². The Morgan fingerprint density at radius 1 is 1.36 bits per heavy atom. The zero-order valence-corrected chi connectivity index (χ0v) is 12.9. The van der Waals surface area contributed by atoms with Crippen LogP contribution in [0.1, 0.15) is 36.9 Å². The van der Waals surface area contributed by atoms with Gasteiger partial charge in [0.05, 0.1) is 11.8 Å². The lowest BCUT2D eigenvalue weighted by Gasteiger charge is -2.29. The summed E-state index contributed by atoms with van der Waals surface area (Å²) in [5.74, 6) is -0.246. The van der Waals surface area contributed by atoms with Gasteiger partial charge in [0.25, 0.3) is 0 Å². The minimum Gasteiger partial charge on any atom is -0.478 e. The third kappa shape index (κ3) is 4.17. The summed E-state index contributed by atoms with van der Waals surface area (Å²) in [5, 5.41) is 12.2. The van der Waals surface area contributed by atoms with Crippen molar-refractivity contribution >= 4 is 23.8 Å². The summed E-state index contributed by atoms with van der Waals surface area (Å²) >= 11 is 0. The number of nitrogen functional groups attached to an aromatic ring is 1. The summed E-state index contributed by atoms with van der Waals surface area (Å²) < 4.78 is 5.37. The van der Waals surface area contributed by atoms with Crippen LogP contribution in [0, 0.1) is 6.92 Å². The number of carboxylic acid groups (broad SMARTS) is 1. The van der Waals surface area contributed by atoms with Gasteiger partial charge in [-0.2, -0.15) is 4.98 Å². The maximum absolute atomic E-state index is 10.7. The Hall–Kier alpha value is -2.15. The lowest BCUT2D eigenvalue weighted by atomic mass is 9.93. The minimum absolute atomic E-state index is 0.179. The first-order valence-corrected chi connectivity index (χ1v) is 7.34. The van der Waals surface area contributed by atoms with Crippen LogP contribution in [0.15, 0.2) is 6.08 Å². The van der Waals surface area contributed by atoms with E-state index in [1.165, 1.54) is 6.08 Å². The molecule has 120 valence electrons. The average molecular weight is 306 g/mol. The third-order valence-corrected chi connectivity index (χ3v) is 3.89. The Labute approximate surface area is 129 Å². The number of nitrogens with one attached hydrogen (secondary N) is 1. The van der Waals surface area contributed by atoms with E-state index in [4.69, 9.17) is 15.6 Å². The maximum atomic E-state index is 10.7. The number of nitrogens with zero attached hydrogens (tertiary/aromatic N) is 2. The zero-order valence-electron chi connectivity index (χ0n) is 12.9. The second-order valence-electron chi connectivity index (χ2n) is 5.45. The Balaban J connectivity index is 2.17. The molecule has 1 aromatic rings. The molecule has 0 radical (unpaired) electrons. The van der Waals surface area contributed by atoms with Crippen LogP contribution >= 0.6 is 0 Å². The van der Waals surface area contributed by atoms with Gasteiger partial charge in [0.15, 0.2) is 0 Å². The second-order valence-corrected chi connectivity index (χ2v) is 5.45. The number of hydrogen-bond acceptors (Lipinski definition) is 6. The predicted molar refractivity (Wildman–Crippen MR) is 84.5 cm³/mol. The van der Waals surface area contributed by atoms with E-state index in [1.807, 2.05) is 0 Å². The number of methoxy groups -OCH3 is 1. The van der Waals surface area contributed by atoms with Crippen LogP contribution in [0.2, 0.25) is 0 Å². The molecule has 1 aliphatic rings. The molecule has 1 aromatic heterocycles. The summed E-state index contributed by atoms with van der Waals surface area (Å²) in [5.41, 5.74) is 7.02. The predicted octanol–water partition coefficient (Wildman–Crippen LogP) is 1.83. The van der Waals surface area contributed by atoms with Crippen LogP contribution in [0.4, 0.5) is 11.8 Å². The summed E-state index contributed by atoms with van der Waals surface area (Å²) in [6.45, 7) is 1.78. The van der Waals surface area contributed by atoms with Gasteiger partial charge in [0, 0.05) is 24.8 Å². The maximum Gasteiger partial charge on any atom is 0.328 e. The Bertz CT molecular complexity index is 566. The molecule has 0 spiro atoms. The monoisotopic (exact) mass is 306 g/mol. The molecule has 2 rings (SSSR count). The molecule has 0 saturated heterocycles. The van der Waals surface area contributed by atoms with Gasteiger partial charge in [-0.25, -0.2) is 9.78 Å². The van der Waals surface area contributed by atoms with Gasteiger partial charge < -0.3 is 20.9 Å². The molecule has 7 nitrogen and oxygen atoms in total. The largest absolute Gasteiger partial charge is 0.478 e. The number of anilines is 2. The summed E-state index contributed by atoms with van der Waals surface area (Å²) in [7, 11) is 1.74. The van der Waals surface area contributed by atoms with Crippen molar-refractivity contribution in [3.05, 3.63) is 17.3 Å². The number of rotatable bonds is 5. The highest BCUT2D eigenvalue weighted by molar-refractivity contribution is 5.87. The van der Waals surface area contributed by atoms with Crippen LogP contribution in [0.3, 0.4) is 0 Å². The standard InChI is InChI=1S/C15H22N4O3/c1-9-12(7-8-13(20)21)14(19-15(16)17-9)18-10-3-5-11(22-2)6-4-10/h7-8,10-11H,3-6H2,1-2H3,(H,20,21)(H3,16,17,18,19)/t10-,11-. The number of carboxylic acids is 1. The summed E-state index contributed by atoms with van der Waals surface area (Å²) in [6.07, 6.45) is 6.84. The second kappa shape index (κ2) is 7.22. The molecular formula is C15H22N4O3. The number of aromatic nitrogens is 2. The van der Waals surface area contributed by atoms with Crippen molar-refractivity contribution < 1.29 is 14.6 Å². The van der Waals surface area contributed by atoms with Gasteiger partial charge in [-0.1, -0.05) is 0 Å².